The van der Waals surface area contributed by atoms with Gasteiger partial charge in [-0.3, -0.25) is 4.79 Å². The average molecular weight is 365 g/mol. The van der Waals surface area contributed by atoms with Gasteiger partial charge in [0.2, 0.25) is 0 Å². The molecule has 0 aliphatic carbocycles. The highest BCUT2D eigenvalue weighted by molar-refractivity contribution is 7.99. The van der Waals surface area contributed by atoms with E-state index in [4.69, 9.17) is 0 Å². The summed E-state index contributed by atoms with van der Waals surface area (Å²) in [5.74, 6) is -2.60. The number of hydrogen-bond acceptors (Lipinski definition) is 4. The Morgan fingerprint density at radius 3 is 2.44 bits per heavy atom. The van der Waals surface area contributed by atoms with Gasteiger partial charge in [0.15, 0.2) is 0 Å². The molecular formula is C18H21F2N3OS. The summed E-state index contributed by atoms with van der Waals surface area (Å²) in [5, 5.41) is 6.05. The third-order valence-electron chi connectivity index (χ3n) is 3.37. The monoisotopic (exact) mass is 365 g/mol. The van der Waals surface area contributed by atoms with E-state index < -0.39 is 5.76 Å². The highest BCUT2D eigenvalue weighted by Gasteiger charge is 2.11. The molecule has 2 aromatic rings. The summed E-state index contributed by atoms with van der Waals surface area (Å²) in [7, 11) is 3.88. The van der Waals surface area contributed by atoms with Crippen molar-refractivity contribution in [1.29, 1.82) is 0 Å². The molecule has 7 heteroatoms. The molecule has 0 bridgehead atoms. The zero-order valence-corrected chi connectivity index (χ0v) is 14.9. The van der Waals surface area contributed by atoms with Crippen LogP contribution in [0.25, 0.3) is 0 Å². The van der Waals surface area contributed by atoms with Crippen molar-refractivity contribution >= 4 is 29.0 Å². The Balaban J connectivity index is 2.06. The zero-order valence-electron chi connectivity index (χ0n) is 14.1. The smallest absolute Gasteiger partial charge is 0.288 e. The first-order valence-corrected chi connectivity index (χ1v) is 8.67. The van der Waals surface area contributed by atoms with E-state index in [1.807, 2.05) is 31.1 Å². The average Bonchev–Trinajstić information content (AvgIpc) is 2.56. The van der Waals surface area contributed by atoms with Gasteiger partial charge in [-0.05, 0) is 50.5 Å². The lowest BCUT2D eigenvalue weighted by molar-refractivity contribution is 0.0952. The van der Waals surface area contributed by atoms with E-state index in [0.29, 0.717) is 34.5 Å². The van der Waals surface area contributed by atoms with Crippen LogP contribution in [0.4, 0.5) is 20.2 Å². The van der Waals surface area contributed by atoms with Gasteiger partial charge in [0.05, 0.1) is 11.3 Å². The van der Waals surface area contributed by atoms with E-state index in [1.54, 1.807) is 36.4 Å². The second kappa shape index (κ2) is 9.39. The van der Waals surface area contributed by atoms with Gasteiger partial charge in [-0.2, -0.15) is 8.78 Å². The lowest BCUT2D eigenvalue weighted by Gasteiger charge is -2.14. The summed E-state index contributed by atoms with van der Waals surface area (Å²) in [4.78, 5) is 14.8. The molecular weight excluding hydrogens is 344 g/mol. The topological polar surface area (TPSA) is 44.4 Å². The number of nitrogens with zero attached hydrogens (tertiary/aromatic N) is 1. The Morgan fingerprint density at radius 2 is 1.80 bits per heavy atom. The molecule has 0 saturated carbocycles. The number of rotatable bonds is 8. The highest BCUT2D eigenvalue weighted by atomic mass is 32.2. The minimum atomic E-state index is -2.44. The Labute approximate surface area is 150 Å². The van der Waals surface area contributed by atoms with Crippen molar-refractivity contribution in [2.24, 2.45) is 0 Å². The van der Waals surface area contributed by atoms with Crippen LogP contribution in [-0.2, 0) is 0 Å². The van der Waals surface area contributed by atoms with Gasteiger partial charge in [-0.15, -0.1) is 0 Å². The SMILES string of the molecule is CN(C)CCNC(=O)c1ccccc1Nc1ccc(SC(F)F)cc1. The van der Waals surface area contributed by atoms with Crippen LogP contribution in [0.15, 0.2) is 53.4 Å². The molecule has 2 N–H and O–H groups in total. The summed E-state index contributed by atoms with van der Waals surface area (Å²) in [6.45, 7) is 1.31. The molecule has 0 unspecified atom stereocenters. The molecule has 0 atom stereocenters. The van der Waals surface area contributed by atoms with E-state index in [1.165, 1.54) is 0 Å². The van der Waals surface area contributed by atoms with Crippen LogP contribution in [0.1, 0.15) is 10.4 Å². The van der Waals surface area contributed by atoms with Crippen molar-refractivity contribution < 1.29 is 13.6 Å². The number of carbonyl (C=O) groups excluding carboxylic acids is 1. The minimum absolute atomic E-state index is 0.158. The van der Waals surface area contributed by atoms with Crippen LogP contribution in [0.3, 0.4) is 0 Å². The van der Waals surface area contributed by atoms with E-state index in [9.17, 15) is 13.6 Å². The van der Waals surface area contributed by atoms with E-state index in [-0.39, 0.29) is 5.91 Å². The van der Waals surface area contributed by atoms with Gasteiger partial charge < -0.3 is 15.5 Å². The molecule has 0 aromatic heterocycles. The molecule has 0 saturated heterocycles. The van der Waals surface area contributed by atoms with E-state index in [0.717, 1.165) is 12.2 Å². The fraction of sp³-hybridized carbons (Fsp3) is 0.278. The van der Waals surface area contributed by atoms with Crippen molar-refractivity contribution in [2.45, 2.75) is 10.7 Å². The molecule has 2 aromatic carbocycles. The zero-order chi connectivity index (χ0) is 18.2. The lowest BCUT2D eigenvalue weighted by Crippen LogP contribution is -2.31. The fourth-order valence-corrected chi connectivity index (χ4v) is 2.65. The van der Waals surface area contributed by atoms with Gasteiger partial charge in [0.1, 0.15) is 0 Å². The number of thioether (sulfide) groups is 1. The Hall–Kier alpha value is -2.12. The molecule has 0 fully saturated rings. The van der Waals surface area contributed by atoms with Gasteiger partial charge in [0, 0.05) is 23.7 Å². The highest BCUT2D eigenvalue weighted by Crippen LogP contribution is 2.27. The third-order valence-corrected chi connectivity index (χ3v) is 4.10. The number of benzene rings is 2. The Morgan fingerprint density at radius 1 is 1.12 bits per heavy atom. The molecule has 0 aliphatic heterocycles. The van der Waals surface area contributed by atoms with Crippen molar-refractivity contribution in [1.82, 2.24) is 10.2 Å². The summed E-state index contributed by atoms with van der Waals surface area (Å²) < 4.78 is 24.7. The lowest BCUT2D eigenvalue weighted by atomic mass is 10.1. The predicted octanol–water partition coefficient (Wildman–Crippen LogP) is 4.04. The molecule has 0 aliphatic rings. The van der Waals surface area contributed by atoms with Crippen molar-refractivity contribution in [3.05, 3.63) is 54.1 Å². The maximum Gasteiger partial charge on any atom is 0.288 e. The van der Waals surface area contributed by atoms with Crippen molar-refractivity contribution in [3.63, 3.8) is 0 Å². The Bertz CT molecular complexity index is 693. The normalized spacial score (nSPS) is 11.0. The first kappa shape index (κ1) is 19.2. The second-order valence-electron chi connectivity index (χ2n) is 5.63. The molecule has 1 amide bonds. The van der Waals surface area contributed by atoms with E-state index >= 15 is 0 Å². The van der Waals surface area contributed by atoms with Crippen LogP contribution in [-0.4, -0.2) is 43.7 Å². The predicted molar refractivity (Wildman–Crippen MR) is 98.9 cm³/mol. The number of hydrogen-bond donors (Lipinski definition) is 2. The number of halogens is 2. The number of alkyl halides is 2. The van der Waals surface area contributed by atoms with Gasteiger partial charge in [0.25, 0.3) is 11.7 Å². The summed E-state index contributed by atoms with van der Waals surface area (Å²) in [5.41, 5.74) is 1.93. The maximum atomic E-state index is 12.4. The van der Waals surface area contributed by atoms with Crippen LogP contribution in [0, 0.1) is 0 Å². The first-order valence-electron chi connectivity index (χ1n) is 7.79. The number of nitrogens with one attached hydrogen (secondary N) is 2. The molecule has 0 spiro atoms. The summed E-state index contributed by atoms with van der Waals surface area (Å²) >= 11 is 0.504. The molecule has 0 heterocycles. The first-order chi connectivity index (χ1) is 12.0. The quantitative estimate of drug-likeness (QED) is 0.693. The third kappa shape index (κ3) is 6.36. The number of anilines is 2. The maximum absolute atomic E-state index is 12.4. The fourth-order valence-electron chi connectivity index (χ4n) is 2.15. The number of amides is 1. The molecule has 25 heavy (non-hydrogen) atoms. The van der Waals surface area contributed by atoms with Crippen LogP contribution >= 0.6 is 11.8 Å². The van der Waals surface area contributed by atoms with Crippen molar-refractivity contribution in [3.8, 4) is 0 Å². The molecule has 2 rings (SSSR count). The van der Waals surface area contributed by atoms with Gasteiger partial charge in [-0.1, -0.05) is 23.9 Å². The summed E-state index contributed by atoms with van der Waals surface area (Å²) in [6, 6.07) is 13.9. The second-order valence-corrected chi connectivity index (χ2v) is 6.70. The number of para-hydroxylation sites is 1. The molecule has 0 radical (unpaired) electrons. The molecule has 134 valence electrons. The minimum Gasteiger partial charge on any atom is -0.355 e. The molecule has 4 nitrogen and oxygen atoms in total. The van der Waals surface area contributed by atoms with Gasteiger partial charge >= 0.3 is 0 Å². The van der Waals surface area contributed by atoms with Crippen LogP contribution < -0.4 is 10.6 Å². The van der Waals surface area contributed by atoms with Crippen LogP contribution in [0.2, 0.25) is 0 Å². The van der Waals surface area contributed by atoms with Gasteiger partial charge in [-0.25, -0.2) is 0 Å². The number of carbonyl (C=O) groups is 1. The largest absolute Gasteiger partial charge is 0.355 e. The summed E-state index contributed by atoms with van der Waals surface area (Å²) in [6.07, 6.45) is 0. The standard InChI is InChI=1S/C18H21F2N3OS/c1-23(2)12-11-21-17(24)15-5-3-4-6-16(15)22-13-7-9-14(10-8-13)25-18(19)20/h3-10,18,22H,11-12H2,1-2H3,(H,21,24). The number of likely N-dealkylation sites (N-methyl/N-ethyl adjacent to an activating group) is 1. The van der Waals surface area contributed by atoms with Crippen LogP contribution in [0.5, 0.6) is 0 Å². The van der Waals surface area contributed by atoms with Crippen molar-refractivity contribution in [2.75, 3.05) is 32.5 Å². The Kier molecular flexibility index (Phi) is 7.21. The van der Waals surface area contributed by atoms with E-state index in [2.05, 4.69) is 10.6 Å².